The zero-order chi connectivity index (χ0) is 13.8. The molecule has 0 aliphatic heterocycles. The predicted octanol–water partition coefficient (Wildman–Crippen LogP) is 3.32. The van der Waals surface area contributed by atoms with Crippen molar-refractivity contribution in [2.45, 2.75) is 13.8 Å². The van der Waals surface area contributed by atoms with Crippen LogP contribution < -0.4 is 10.6 Å². The van der Waals surface area contributed by atoms with Crippen molar-refractivity contribution < 1.29 is 4.39 Å². The number of hydrogen-bond donors (Lipinski definition) is 1. The quantitative estimate of drug-likeness (QED) is 0.856. The normalized spacial score (nSPS) is 10.5. The number of anilines is 2. The fraction of sp³-hybridized carbons (Fsp3) is 0.267. The van der Waals surface area contributed by atoms with E-state index < -0.39 is 5.82 Å². The van der Waals surface area contributed by atoms with E-state index in [0.717, 1.165) is 30.0 Å². The Kier molecular flexibility index (Phi) is 4.00. The third-order valence-corrected chi connectivity index (χ3v) is 3.17. The van der Waals surface area contributed by atoms with E-state index in [1.54, 1.807) is 18.3 Å². The summed E-state index contributed by atoms with van der Waals surface area (Å²) in [5, 5.41) is 0. The van der Waals surface area contributed by atoms with E-state index in [4.69, 9.17) is 5.73 Å². The van der Waals surface area contributed by atoms with Gasteiger partial charge in [-0.1, -0.05) is 6.07 Å². The minimum absolute atomic E-state index is 0.163. The number of halogens is 1. The van der Waals surface area contributed by atoms with Crippen LogP contribution in [0.15, 0.2) is 36.5 Å². The zero-order valence-electron chi connectivity index (χ0n) is 11.2. The van der Waals surface area contributed by atoms with Crippen molar-refractivity contribution in [2.24, 2.45) is 0 Å². The van der Waals surface area contributed by atoms with E-state index in [2.05, 4.69) is 23.7 Å². The van der Waals surface area contributed by atoms with Crippen molar-refractivity contribution in [3.05, 3.63) is 42.3 Å². The van der Waals surface area contributed by atoms with Crippen molar-refractivity contribution in [2.75, 3.05) is 23.7 Å². The lowest BCUT2D eigenvalue weighted by atomic mass is 10.1. The van der Waals surface area contributed by atoms with Crippen LogP contribution in [0.2, 0.25) is 0 Å². The van der Waals surface area contributed by atoms with E-state index in [1.807, 2.05) is 12.1 Å². The van der Waals surface area contributed by atoms with Gasteiger partial charge in [0.2, 0.25) is 0 Å². The van der Waals surface area contributed by atoms with Crippen LogP contribution in [-0.2, 0) is 0 Å². The Balaban J connectivity index is 2.29. The summed E-state index contributed by atoms with van der Waals surface area (Å²) < 4.78 is 13.4. The van der Waals surface area contributed by atoms with E-state index in [1.165, 1.54) is 6.07 Å². The molecule has 0 atom stereocenters. The van der Waals surface area contributed by atoms with Gasteiger partial charge in [-0.2, -0.15) is 0 Å². The lowest BCUT2D eigenvalue weighted by Gasteiger charge is -2.19. The monoisotopic (exact) mass is 259 g/mol. The number of rotatable bonds is 4. The Morgan fingerprint density at radius 1 is 1.11 bits per heavy atom. The molecule has 0 saturated heterocycles. The van der Waals surface area contributed by atoms with Gasteiger partial charge in [-0.3, -0.25) is 0 Å². The number of nitrogens with zero attached hydrogens (tertiary/aromatic N) is 2. The molecule has 100 valence electrons. The number of pyridine rings is 1. The topological polar surface area (TPSA) is 42.1 Å². The molecular formula is C15H18FN3. The summed E-state index contributed by atoms with van der Waals surface area (Å²) in [5.41, 5.74) is 7.30. The maximum absolute atomic E-state index is 13.4. The summed E-state index contributed by atoms with van der Waals surface area (Å²) in [6, 6.07) is 8.71. The lowest BCUT2D eigenvalue weighted by molar-refractivity contribution is 0.633. The average Bonchev–Trinajstić information content (AvgIpc) is 2.44. The maximum atomic E-state index is 13.4. The fourth-order valence-corrected chi connectivity index (χ4v) is 2.00. The summed E-state index contributed by atoms with van der Waals surface area (Å²) in [6.45, 7) is 6.02. The second-order valence-corrected chi connectivity index (χ2v) is 4.31. The second-order valence-electron chi connectivity index (χ2n) is 4.31. The number of nitrogens with two attached hydrogens (primary N) is 1. The molecule has 3 nitrogen and oxygen atoms in total. The third-order valence-electron chi connectivity index (χ3n) is 3.17. The number of benzene rings is 1. The zero-order valence-corrected chi connectivity index (χ0v) is 11.2. The summed E-state index contributed by atoms with van der Waals surface area (Å²) in [4.78, 5) is 6.58. The first-order valence-electron chi connectivity index (χ1n) is 6.42. The van der Waals surface area contributed by atoms with Crippen LogP contribution in [0.3, 0.4) is 0 Å². The van der Waals surface area contributed by atoms with Gasteiger partial charge in [0.15, 0.2) is 0 Å². The van der Waals surface area contributed by atoms with E-state index in [9.17, 15) is 4.39 Å². The van der Waals surface area contributed by atoms with Crippen LogP contribution in [0.25, 0.3) is 11.1 Å². The number of nitrogen functional groups attached to an aromatic ring is 1. The summed E-state index contributed by atoms with van der Waals surface area (Å²) in [7, 11) is 0. The van der Waals surface area contributed by atoms with Crippen molar-refractivity contribution in [3.63, 3.8) is 0 Å². The van der Waals surface area contributed by atoms with Crippen LogP contribution in [-0.4, -0.2) is 18.1 Å². The molecule has 0 fully saturated rings. The van der Waals surface area contributed by atoms with Gasteiger partial charge in [-0.25, -0.2) is 9.37 Å². The molecule has 0 aliphatic rings. The van der Waals surface area contributed by atoms with Gasteiger partial charge >= 0.3 is 0 Å². The van der Waals surface area contributed by atoms with E-state index in [0.29, 0.717) is 0 Å². The summed E-state index contributed by atoms with van der Waals surface area (Å²) in [5.74, 6) is 0.537. The number of aromatic nitrogens is 1. The van der Waals surface area contributed by atoms with Gasteiger partial charge in [-0.15, -0.1) is 0 Å². The standard InChI is InChI=1S/C15H18FN3/c1-3-19(4-2)15-8-6-12(10-18-15)11-5-7-14(17)13(16)9-11/h5-10H,3-4,17H2,1-2H3. The molecule has 0 unspecified atom stereocenters. The highest BCUT2D eigenvalue weighted by atomic mass is 19.1. The molecule has 1 aromatic carbocycles. The minimum Gasteiger partial charge on any atom is -0.396 e. The first-order valence-corrected chi connectivity index (χ1v) is 6.42. The van der Waals surface area contributed by atoms with Crippen molar-refractivity contribution in [1.82, 2.24) is 4.98 Å². The highest BCUT2D eigenvalue weighted by Crippen LogP contribution is 2.23. The van der Waals surface area contributed by atoms with Gasteiger partial charge in [0, 0.05) is 24.8 Å². The van der Waals surface area contributed by atoms with Gasteiger partial charge < -0.3 is 10.6 Å². The Morgan fingerprint density at radius 2 is 1.79 bits per heavy atom. The van der Waals surface area contributed by atoms with Gasteiger partial charge in [-0.05, 0) is 43.7 Å². The van der Waals surface area contributed by atoms with Gasteiger partial charge in [0.25, 0.3) is 0 Å². The first-order chi connectivity index (χ1) is 9.15. The smallest absolute Gasteiger partial charge is 0.146 e. The molecule has 19 heavy (non-hydrogen) atoms. The van der Waals surface area contributed by atoms with Crippen LogP contribution in [0.5, 0.6) is 0 Å². The Bertz CT molecular complexity index is 548. The lowest BCUT2D eigenvalue weighted by Crippen LogP contribution is -2.22. The van der Waals surface area contributed by atoms with E-state index in [-0.39, 0.29) is 5.69 Å². The molecule has 0 saturated carbocycles. The third kappa shape index (κ3) is 2.84. The molecule has 2 aromatic rings. The van der Waals surface area contributed by atoms with Crippen LogP contribution >= 0.6 is 0 Å². The Morgan fingerprint density at radius 3 is 2.32 bits per heavy atom. The van der Waals surface area contributed by atoms with Crippen molar-refractivity contribution in [3.8, 4) is 11.1 Å². The molecule has 2 N–H and O–H groups in total. The highest BCUT2D eigenvalue weighted by molar-refractivity contribution is 5.66. The summed E-state index contributed by atoms with van der Waals surface area (Å²) >= 11 is 0. The molecule has 0 bridgehead atoms. The van der Waals surface area contributed by atoms with E-state index >= 15 is 0 Å². The SMILES string of the molecule is CCN(CC)c1ccc(-c2ccc(N)c(F)c2)cn1. The Hall–Kier alpha value is -2.10. The average molecular weight is 259 g/mol. The van der Waals surface area contributed by atoms with Crippen LogP contribution in [0, 0.1) is 5.82 Å². The molecule has 0 amide bonds. The van der Waals surface area contributed by atoms with Crippen molar-refractivity contribution in [1.29, 1.82) is 0 Å². The molecule has 0 radical (unpaired) electrons. The summed E-state index contributed by atoms with van der Waals surface area (Å²) in [6.07, 6.45) is 1.76. The minimum atomic E-state index is -0.398. The molecular weight excluding hydrogens is 241 g/mol. The van der Waals surface area contributed by atoms with Gasteiger partial charge in [0.05, 0.1) is 5.69 Å². The fourth-order valence-electron chi connectivity index (χ4n) is 2.00. The van der Waals surface area contributed by atoms with Crippen LogP contribution in [0.4, 0.5) is 15.9 Å². The highest BCUT2D eigenvalue weighted by Gasteiger charge is 2.06. The van der Waals surface area contributed by atoms with Gasteiger partial charge in [0.1, 0.15) is 11.6 Å². The molecule has 4 heteroatoms. The predicted molar refractivity (Wildman–Crippen MR) is 77.6 cm³/mol. The molecule has 0 aliphatic carbocycles. The molecule has 2 rings (SSSR count). The van der Waals surface area contributed by atoms with Crippen LogP contribution in [0.1, 0.15) is 13.8 Å². The van der Waals surface area contributed by atoms with Crippen molar-refractivity contribution >= 4 is 11.5 Å². The molecule has 1 heterocycles. The Labute approximate surface area is 112 Å². The second kappa shape index (κ2) is 5.69. The number of hydrogen-bond acceptors (Lipinski definition) is 3. The molecule has 0 spiro atoms. The largest absolute Gasteiger partial charge is 0.396 e. The first kappa shape index (κ1) is 13.3. The maximum Gasteiger partial charge on any atom is 0.146 e. The molecule has 1 aromatic heterocycles.